The second-order valence-corrected chi connectivity index (χ2v) is 5.43. The Bertz CT molecular complexity index is 851. The van der Waals surface area contributed by atoms with Gasteiger partial charge in [0.15, 0.2) is 0 Å². The van der Waals surface area contributed by atoms with E-state index >= 15 is 0 Å². The lowest BCUT2D eigenvalue weighted by Crippen LogP contribution is -2.23. The standard InChI is InChI=1S/C20H17FN2O2/c1-25-15-11-9-14(10-12-15)19(18-8-4-5-13-22-18)20(24)23-17-7-3-2-6-16(17)21/h2-13,19H,1H3,(H,23,24). The van der Waals surface area contributed by atoms with Gasteiger partial charge in [-0.25, -0.2) is 4.39 Å². The zero-order chi connectivity index (χ0) is 17.6. The van der Waals surface area contributed by atoms with Gasteiger partial charge in [-0.15, -0.1) is 0 Å². The van der Waals surface area contributed by atoms with Crippen molar-refractivity contribution in [3.8, 4) is 5.75 Å². The molecule has 126 valence electrons. The highest BCUT2D eigenvalue weighted by Gasteiger charge is 2.24. The van der Waals surface area contributed by atoms with Crippen LogP contribution in [0.3, 0.4) is 0 Å². The van der Waals surface area contributed by atoms with Gasteiger partial charge in [-0.2, -0.15) is 0 Å². The molecule has 0 bridgehead atoms. The van der Waals surface area contributed by atoms with Gasteiger partial charge in [-0.1, -0.05) is 30.3 Å². The van der Waals surface area contributed by atoms with Gasteiger partial charge in [0.25, 0.3) is 0 Å². The number of halogens is 1. The number of benzene rings is 2. The maximum atomic E-state index is 13.9. The average Bonchev–Trinajstić information content (AvgIpc) is 2.65. The second-order valence-electron chi connectivity index (χ2n) is 5.43. The maximum Gasteiger partial charge on any atom is 0.238 e. The Morgan fingerprint density at radius 1 is 1.04 bits per heavy atom. The number of amides is 1. The number of aromatic nitrogens is 1. The number of carbonyl (C=O) groups is 1. The molecule has 1 heterocycles. The van der Waals surface area contributed by atoms with E-state index in [2.05, 4.69) is 10.3 Å². The first kappa shape index (κ1) is 16.6. The molecular weight excluding hydrogens is 319 g/mol. The Kier molecular flexibility index (Phi) is 5.04. The van der Waals surface area contributed by atoms with E-state index in [1.54, 1.807) is 61.8 Å². The summed E-state index contributed by atoms with van der Waals surface area (Å²) in [6.07, 6.45) is 1.63. The molecule has 3 aromatic rings. The highest BCUT2D eigenvalue weighted by molar-refractivity contribution is 5.98. The fourth-order valence-corrected chi connectivity index (χ4v) is 2.57. The van der Waals surface area contributed by atoms with E-state index in [1.165, 1.54) is 12.1 Å². The van der Waals surface area contributed by atoms with Crippen LogP contribution in [-0.4, -0.2) is 18.0 Å². The molecule has 0 aliphatic heterocycles. The van der Waals surface area contributed by atoms with Crippen molar-refractivity contribution in [1.29, 1.82) is 0 Å². The van der Waals surface area contributed by atoms with Crippen LogP contribution in [0.2, 0.25) is 0 Å². The van der Waals surface area contributed by atoms with E-state index < -0.39 is 11.7 Å². The quantitative estimate of drug-likeness (QED) is 0.766. The molecule has 25 heavy (non-hydrogen) atoms. The summed E-state index contributed by atoms with van der Waals surface area (Å²) in [4.78, 5) is 17.2. The summed E-state index contributed by atoms with van der Waals surface area (Å²) in [5.74, 6) is -0.802. The monoisotopic (exact) mass is 336 g/mol. The Hall–Kier alpha value is -3.21. The molecule has 0 saturated carbocycles. The van der Waals surface area contributed by atoms with Gasteiger partial charge >= 0.3 is 0 Å². The number of hydrogen-bond donors (Lipinski definition) is 1. The van der Waals surface area contributed by atoms with Crippen molar-refractivity contribution in [3.05, 3.63) is 90.0 Å². The smallest absolute Gasteiger partial charge is 0.238 e. The number of pyridine rings is 1. The molecule has 1 aromatic heterocycles. The number of para-hydroxylation sites is 1. The van der Waals surface area contributed by atoms with Gasteiger partial charge in [0.05, 0.1) is 18.5 Å². The van der Waals surface area contributed by atoms with E-state index in [-0.39, 0.29) is 11.6 Å². The van der Waals surface area contributed by atoms with E-state index in [0.29, 0.717) is 11.4 Å². The van der Waals surface area contributed by atoms with Gasteiger partial charge in [-0.3, -0.25) is 9.78 Å². The van der Waals surface area contributed by atoms with Crippen LogP contribution in [0, 0.1) is 5.82 Å². The Balaban J connectivity index is 1.96. The zero-order valence-corrected chi connectivity index (χ0v) is 13.6. The van der Waals surface area contributed by atoms with Crippen LogP contribution in [0.15, 0.2) is 72.9 Å². The van der Waals surface area contributed by atoms with E-state index in [4.69, 9.17) is 4.74 Å². The molecule has 4 nitrogen and oxygen atoms in total. The molecule has 5 heteroatoms. The topological polar surface area (TPSA) is 51.2 Å². The van der Waals surface area contributed by atoms with Crippen LogP contribution in [0.4, 0.5) is 10.1 Å². The SMILES string of the molecule is COc1ccc(C(C(=O)Nc2ccccc2F)c2ccccn2)cc1. The minimum Gasteiger partial charge on any atom is -0.497 e. The number of rotatable bonds is 5. The Morgan fingerprint density at radius 2 is 1.76 bits per heavy atom. The van der Waals surface area contributed by atoms with E-state index in [1.807, 2.05) is 6.07 Å². The number of methoxy groups -OCH3 is 1. The molecule has 1 amide bonds. The average molecular weight is 336 g/mol. The Morgan fingerprint density at radius 3 is 2.40 bits per heavy atom. The van der Waals surface area contributed by atoms with Crippen LogP contribution in [0.5, 0.6) is 5.75 Å². The summed E-state index contributed by atoms with van der Waals surface area (Å²) in [6.45, 7) is 0. The number of carbonyl (C=O) groups excluding carboxylic acids is 1. The first-order valence-corrected chi connectivity index (χ1v) is 7.79. The molecular formula is C20H17FN2O2. The van der Waals surface area contributed by atoms with Crippen molar-refractivity contribution in [3.63, 3.8) is 0 Å². The van der Waals surface area contributed by atoms with Crippen LogP contribution < -0.4 is 10.1 Å². The highest BCUT2D eigenvalue weighted by Crippen LogP contribution is 2.27. The second kappa shape index (κ2) is 7.57. The zero-order valence-electron chi connectivity index (χ0n) is 13.6. The number of nitrogens with zero attached hydrogens (tertiary/aromatic N) is 1. The highest BCUT2D eigenvalue weighted by atomic mass is 19.1. The summed E-state index contributed by atoms with van der Waals surface area (Å²) >= 11 is 0. The van der Waals surface area contributed by atoms with Crippen molar-refractivity contribution in [2.45, 2.75) is 5.92 Å². The summed E-state index contributed by atoms with van der Waals surface area (Å²) in [5.41, 5.74) is 1.47. The molecule has 2 aromatic carbocycles. The molecule has 0 radical (unpaired) electrons. The molecule has 0 aliphatic carbocycles. The van der Waals surface area contributed by atoms with Gasteiger partial charge in [0.1, 0.15) is 17.5 Å². The van der Waals surface area contributed by atoms with Crippen LogP contribution in [-0.2, 0) is 4.79 Å². The van der Waals surface area contributed by atoms with Gasteiger partial charge < -0.3 is 10.1 Å². The first-order valence-electron chi connectivity index (χ1n) is 7.79. The summed E-state index contributed by atoms with van der Waals surface area (Å²) in [6, 6.07) is 18.6. The van der Waals surface area contributed by atoms with Crippen LogP contribution >= 0.6 is 0 Å². The summed E-state index contributed by atoms with van der Waals surface area (Å²) < 4.78 is 19.0. The lowest BCUT2D eigenvalue weighted by molar-refractivity contribution is -0.116. The third kappa shape index (κ3) is 3.83. The van der Waals surface area contributed by atoms with E-state index in [9.17, 15) is 9.18 Å². The van der Waals surface area contributed by atoms with Gasteiger partial charge in [-0.05, 0) is 42.0 Å². The predicted molar refractivity (Wildman–Crippen MR) is 94.1 cm³/mol. The fourth-order valence-electron chi connectivity index (χ4n) is 2.57. The third-order valence-electron chi connectivity index (χ3n) is 3.83. The van der Waals surface area contributed by atoms with Gasteiger partial charge in [0.2, 0.25) is 5.91 Å². The largest absolute Gasteiger partial charge is 0.497 e. The molecule has 1 unspecified atom stereocenters. The Labute approximate surface area is 145 Å². The van der Waals surface area contributed by atoms with Crippen molar-refractivity contribution in [2.24, 2.45) is 0 Å². The number of hydrogen-bond acceptors (Lipinski definition) is 3. The van der Waals surface area contributed by atoms with Crippen molar-refractivity contribution >= 4 is 11.6 Å². The molecule has 0 spiro atoms. The number of nitrogens with one attached hydrogen (secondary N) is 1. The van der Waals surface area contributed by atoms with Crippen molar-refractivity contribution < 1.29 is 13.9 Å². The third-order valence-corrected chi connectivity index (χ3v) is 3.83. The number of ether oxygens (including phenoxy) is 1. The van der Waals surface area contributed by atoms with E-state index in [0.717, 1.165) is 5.56 Å². The normalized spacial score (nSPS) is 11.6. The molecule has 0 saturated heterocycles. The summed E-state index contributed by atoms with van der Waals surface area (Å²) in [7, 11) is 1.58. The van der Waals surface area contributed by atoms with Crippen LogP contribution in [0.1, 0.15) is 17.2 Å². The lowest BCUT2D eigenvalue weighted by Gasteiger charge is -2.17. The molecule has 1 atom stereocenters. The van der Waals surface area contributed by atoms with Crippen molar-refractivity contribution in [2.75, 3.05) is 12.4 Å². The molecule has 0 fully saturated rings. The van der Waals surface area contributed by atoms with Crippen LogP contribution in [0.25, 0.3) is 0 Å². The molecule has 1 N–H and O–H groups in total. The maximum absolute atomic E-state index is 13.9. The van der Waals surface area contributed by atoms with Crippen molar-refractivity contribution in [1.82, 2.24) is 4.98 Å². The first-order chi connectivity index (χ1) is 12.2. The fraction of sp³-hybridized carbons (Fsp3) is 0.100. The predicted octanol–water partition coefficient (Wildman–Crippen LogP) is 4.00. The minimum absolute atomic E-state index is 0.141. The molecule has 0 aliphatic rings. The lowest BCUT2D eigenvalue weighted by atomic mass is 9.94. The van der Waals surface area contributed by atoms with Gasteiger partial charge in [0, 0.05) is 6.20 Å². The summed E-state index contributed by atoms with van der Waals surface area (Å²) in [5, 5.41) is 2.65. The number of anilines is 1. The molecule has 3 rings (SSSR count). The minimum atomic E-state index is -0.660.